The molecule has 0 spiro atoms. The van der Waals surface area contributed by atoms with Crippen LogP contribution in [0.3, 0.4) is 0 Å². The number of aliphatic hydroxyl groups is 1. The highest BCUT2D eigenvalue weighted by atomic mass is 32.1. The fourth-order valence-electron chi connectivity index (χ4n) is 2.49. The molecule has 0 amide bonds. The number of hydrogen-bond donors (Lipinski definition) is 6. The molecule has 1 fully saturated rings. The summed E-state index contributed by atoms with van der Waals surface area (Å²) in [6.07, 6.45) is -6.57. The molecule has 6 atom stereocenters. The molecule has 1 aromatic heterocycles. The Morgan fingerprint density at radius 2 is 1.81 bits per heavy atom. The van der Waals surface area contributed by atoms with E-state index in [2.05, 4.69) is 13.1 Å². The number of aromatic nitrogens is 2. The summed E-state index contributed by atoms with van der Waals surface area (Å²) >= 11 is 4.72. The minimum atomic E-state index is -5.86. The Bertz CT molecular complexity index is 1130. The predicted molar refractivity (Wildman–Crippen MR) is 95.4 cm³/mol. The van der Waals surface area contributed by atoms with E-state index in [1.54, 1.807) is 0 Å². The lowest BCUT2D eigenvalue weighted by Gasteiger charge is -2.28. The molecule has 2 heterocycles. The van der Waals surface area contributed by atoms with E-state index in [-0.39, 0.29) is 0 Å². The second-order valence-electron chi connectivity index (χ2n) is 6.08. The van der Waals surface area contributed by atoms with Crippen molar-refractivity contribution in [1.29, 1.82) is 0 Å². The van der Waals surface area contributed by atoms with Crippen molar-refractivity contribution < 1.29 is 69.4 Å². The number of halogens is 3. The van der Waals surface area contributed by atoms with Crippen LogP contribution in [0, 0.1) is 10.6 Å². The van der Waals surface area contributed by atoms with E-state index in [0.29, 0.717) is 10.8 Å². The van der Waals surface area contributed by atoms with Crippen molar-refractivity contribution in [3.05, 3.63) is 27.1 Å². The Hall–Kier alpha value is -0.780. The van der Waals surface area contributed by atoms with Gasteiger partial charge in [0.25, 0.3) is 5.56 Å². The zero-order valence-corrected chi connectivity index (χ0v) is 18.6. The molecule has 6 N–H and O–H groups in total. The summed E-state index contributed by atoms with van der Waals surface area (Å²) in [5.41, 5.74) is -4.35. The van der Waals surface area contributed by atoms with Crippen LogP contribution in [0.2, 0.25) is 0 Å². The minimum Gasteiger partial charge on any atom is -0.379 e. The molecule has 0 saturated carbocycles. The van der Waals surface area contributed by atoms with Crippen molar-refractivity contribution in [2.45, 2.75) is 24.1 Å². The van der Waals surface area contributed by atoms with Crippen LogP contribution in [-0.2, 0) is 31.6 Å². The lowest BCUT2D eigenvalue weighted by Crippen LogP contribution is -2.47. The third-order valence-electron chi connectivity index (χ3n) is 3.74. The maximum atomic E-state index is 14.7. The summed E-state index contributed by atoms with van der Waals surface area (Å²) in [4.78, 5) is 48.4. The van der Waals surface area contributed by atoms with E-state index >= 15 is 0 Å². The number of hydrogen-bond acceptors (Lipinski definition) is 10. The monoisotopic (exact) mass is 552 g/mol. The molecule has 0 radical (unpaired) electrons. The van der Waals surface area contributed by atoms with E-state index in [1.165, 1.54) is 0 Å². The number of aromatic amines is 1. The van der Waals surface area contributed by atoms with Gasteiger partial charge in [-0.25, -0.2) is 22.5 Å². The fourth-order valence-corrected chi connectivity index (χ4v) is 5.76. The first-order valence-electron chi connectivity index (χ1n) is 7.78. The van der Waals surface area contributed by atoms with Crippen molar-refractivity contribution in [3.63, 3.8) is 0 Å². The molecule has 0 bridgehead atoms. The predicted octanol–water partition coefficient (Wildman–Crippen LogP) is 0.324. The summed E-state index contributed by atoms with van der Waals surface area (Å²) in [5, 5.41) is 10.3. The first kappa shape index (κ1) is 27.5. The highest BCUT2D eigenvalue weighted by molar-refractivity contribution is 7.71. The van der Waals surface area contributed by atoms with Crippen LogP contribution in [0.25, 0.3) is 0 Å². The van der Waals surface area contributed by atoms with Crippen molar-refractivity contribution >= 4 is 35.7 Å². The van der Waals surface area contributed by atoms with Gasteiger partial charge in [0.15, 0.2) is 22.8 Å². The van der Waals surface area contributed by atoms with Crippen LogP contribution >= 0.6 is 35.7 Å². The van der Waals surface area contributed by atoms with Crippen LogP contribution in [0.5, 0.6) is 0 Å². The maximum absolute atomic E-state index is 14.7. The fraction of sp³-hybridized carbons (Fsp3) is 0.600. The Balaban J connectivity index is 2.22. The zero-order valence-electron chi connectivity index (χ0n) is 15.1. The van der Waals surface area contributed by atoms with Gasteiger partial charge in [0, 0.05) is 0 Å². The third kappa shape index (κ3) is 6.42. The minimum absolute atomic E-state index is 0.379. The molecule has 32 heavy (non-hydrogen) atoms. The van der Waals surface area contributed by atoms with Crippen molar-refractivity contribution in [2.75, 3.05) is 13.3 Å². The molecular formula is C10H14F3N2O13P3S. The molecule has 1 saturated heterocycles. The Labute approximate surface area is 179 Å². The Morgan fingerprint density at radius 1 is 1.22 bits per heavy atom. The highest BCUT2D eigenvalue weighted by Crippen LogP contribution is 2.66. The number of phosphoric ester groups is 1. The first-order valence-corrected chi connectivity index (χ1v) is 12.7. The molecular weight excluding hydrogens is 538 g/mol. The summed E-state index contributed by atoms with van der Waals surface area (Å²) in [6.45, 7) is -3.23. The Morgan fingerprint density at radius 3 is 2.34 bits per heavy atom. The topological polar surface area (TPSA) is 227 Å². The molecule has 15 nitrogen and oxygen atoms in total. The highest BCUT2D eigenvalue weighted by Gasteiger charge is 2.58. The molecule has 22 heteroatoms. The molecule has 2 rings (SSSR count). The normalized spacial score (nSPS) is 30.1. The largest absolute Gasteiger partial charge is 0.490 e. The number of rotatable bonds is 9. The molecule has 0 aromatic carbocycles. The lowest BCUT2D eigenvalue weighted by atomic mass is 9.97. The van der Waals surface area contributed by atoms with Gasteiger partial charge >= 0.3 is 23.5 Å². The van der Waals surface area contributed by atoms with E-state index in [4.69, 9.17) is 31.6 Å². The van der Waals surface area contributed by atoms with Crippen LogP contribution in [0.15, 0.2) is 11.0 Å². The van der Waals surface area contributed by atoms with Gasteiger partial charge in [-0.2, -0.15) is 13.0 Å². The molecule has 3 unspecified atom stereocenters. The average molecular weight is 552 g/mol. The van der Waals surface area contributed by atoms with E-state index in [9.17, 15) is 41.7 Å². The zero-order chi connectivity index (χ0) is 24.7. The van der Waals surface area contributed by atoms with Crippen molar-refractivity contribution in [3.8, 4) is 0 Å². The van der Waals surface area contributed by atoms with E-state index < -0.39 is 77.0 Å². The van der Waals surface area contributed by atoms with Crippen molar-refractivity contribution in [2.24, 2.45) is 0 Å². The van der Waals surface area contributed by atoms with Gasteiger partial charge in [0.05, 0.1) is 12.8 Å². The van der Waals surface area contributed by atoms with Crippen LogP contribution in [-0.4, -0.2) is 65.4 Å². The van der Waals surface area contributed by atoms with E-state index in [1.807, 2.05) is 4.98 Å². The lowest BCUT2D eigenvalue weighted by molar-refractivity contribution is -0.112. The molecule has 1 aliphatic rings. The van der Waals surface area contributed by atoms with Crippen LogP contribution in [0.4, 0.5) is 13.2 Å². The summed E-state index contributed by atoms with van der Waals surface area (Å²) in [5.74, 6) is -1.46. The average Bonchev–Trinajstić information content (AvgIpc) is 2.85. The smallest absolute Gasteiger partial charge is 0.379 e. The van der Waals surface area contributed by atoms with Gasteiger partial charge in [-0.3, -0.25) is 18.9 Å². The van der Waals surface area contributed by atoms with E-state index in [0.717, 1.165) is 0 Å². The van der Waals surface area contributed by atoms with Gasteiger partial charge < -0.3 is 29.4 Å². The Kier molecular flexibility index (Phi) is 8.12. The second kappa shape index (κ2) is 9.46. The van der Waals surface area contributed by atoms with Gasteiger partial charge in [-0.1, -0.05) is 0 Å². The quantitative estimate of drug-likeness (QED) is 0.179. The second-order valence-corrected chi connectivity index (χ2v) is 10.9. The van der Waals surface area contributed by atoms with Gasteiger partial charge in [0.2, 0.25) is 5.82 Å². The van der Waals surface area contributed by atoms with Gasteiger partial charge in [-0.15, -0.1) is 0 Å². The number of nitrogens with zero attached hydrogens (tertiary/aromatic N) is 1. The number of ether oxygens (including phenoxy) is 1. The number of alkyl halides is 2. The summed E-state index contributed by atoms with van der Waals surface area (Å²) in [6, 6.07) is 0. The maximum Gasteiger partial charge on any atom is 0.490 e. The molecule has 1 aliphatic heterocycles. The summed E-state index contributed by atoms with van der Waals surface area (Å²) < 4.78 is 91.2. The van der Waals surface area contributed by atoms with Gasteiger partial charge in [0.1, 0.15) is 12.8 Å². The number of H-pyrrole nitrogens is 1. The molecule has 0 aliphatic carbocycles. The van der Waals surface area contributed by atoms with Gasteiger partial charge in [-0.05, 0) is 12.2 Å². The van der Waals surface area contributed by atoms with Crippen LogP contribution in [0.1, 0.15) is 6.23 Å². The standard InChI is InChI=1S/C10H14F3N2O13P3S/c11-3-10(17)6(13)5(26-8(10)15-1-4(12)7(16)14-9(15)32)2-25-30(21,22)28-31(23,24)27-29(18,19)20/h1,5-6,8,17H,2-3H2,(H,21,22)(H,23,24)(H,14,16,32)(H2,18,19,20)/t5-,6+,8-,10?/m1/s1. The van der Waals surface area contributed by atoms with Crippen LogP contribution < -0.4 is 5.56 Å². The third-order valence-corrected chi connectivity index (χ3v) is 7.86. The molecule has 1 aromatic rings. The van der Waals surface area contributed by atoms with Crippen molar-refractivity contribution in [1.82, 2.24) is 9.55 Å². The first-order chi connectivity index (χ1) is 14.4. The number of nitrogens with one attached hydrogen (secondary N) is 1. The number of phosphoric acid groups is 3. The SMILES string of the molecule is O=c1[nH]c(=S)n([C@@H]2O[C@H](COP(=O)(O)OP(=O)(O)OP(=O)(O)O)[C@H](F)C2(O)CF)cc1F. The molecule has 184 valence electrons. The summed E-state index contributed by atoms with van der Waals surface area (Å²) in [7, 11) is -17.2.